The van der Waals surface area contributed by atoms with Crippen molar-refractivity contribution in [1.29, 1.82) is 0 Å². The average molecular weight is 641 g/mol. The maximum atomic E-state index is 2.41. The standard InChI is InChI=1S/C17H28.C16H26.C14H22/c1-11(2)15-9-14(17(6,7)8)10-16(12(3)4)13(15)5;1-10(2)14-8-15(11(3)4)13(7)16(9-14)12(5)6;1-9(2)13-7-11(5)8-14(10(3)4)12(13)6/h9-12H,1-8H3;8-12H,1-7H3;7-10H,1-6H3. The fourth-order valence-electron chi connectivity index (χ4n) is 6.82. The first-order valence-electron chi connectivity index (χ1n) is 18.8. The molecule has 3 aromatic rings. The van der Waals surface area contributed by atoms with Gasteiger partial charge in [0.25, 0.3) is 0 Å². The normalized spacial score (nSPS) is 12.0. The molecule has 0 bridgehead atoms. The molecule has 264 valence electrons. The Bertz CT molecular complexity index is 1330. The molecule has 0 radical (unpaired) electrons. The van der Waals surface area contributed by atoms with Crippen LogP contribution in [-0.2, 0) is 5.41 Å². The van der Waals surface area contributed by atoms with Gasteiger partial charge in [-0.3, -0.25) is 0 Å². The van der Waals surface area contributed by atoms with Crippen LogP contribution in [0.2, 0.25) is 0 Å². The Morgan fingerprint density at radius 1 is 0.340 bits per heavy atom. The predicted molar refractivity (Wildman–Crippen MR) is 216 cm³/mol. The van der Waals surface area contributed by atoms with Crippen molar-refractivity contribution in [3.05, 3.63) is 103 Å². The Kier molecular flexibility index (Phi) is 16.2. The second-order valence-corrected chi connectivity index (χ2v) is 17.5. The summed E-state index contributed by atoms with van der Waals surface area (Å²) in [5, 5.41) is 0. The molecule has 0 atom stereocenters. The topological polar surface area (TPSA) is 0 Å². The molecule has 0 unspecified atom stereocenters. The predicted octanol–water partition coefficient (Wildman–Crippen LogP) is 15.5. The van der Waals surface area contributed by atoms with E-state index in [0.29, 0.717) is 41.4 Å². The first kappa shape index (κ1) is 42.7. The molecule has 0 heteroatoms. The van der Waals surface area contributed by atoms with Crippen molar-refractivity contribution in [3.8, 4) is 0 Å². The number of rotatable bonds is 7. The molecule has 0 spiro atoms. The Balaban J connectivity index is 0.000000354. The maximum absolute atomic E-state index is 2.41. The lowest BCUT2D eigenvalue weighted by atomic mass is 9.80. The molecule has 3 rings (SSSR count). The SMILES string of the molecule is Cc1c(C(C)C)cc(C(C)(C)C)cc1C(C)C.Cc1c(C(C)C)cc(C(C)C)cc1C(C)C.Cc1cc(C(C)C)c(C)c(C(C)C)c1. The van der Waals surface area contributed by atoms with Gasteiger partial charge in [-0.15, -0.1) is 0 Å². The van der Waals surface area contributed by atoms with E-state index in [1.165, 1.54) is 66.8 Å². The second kappa shape index (κ2) is 17.9. The van der Waals surface area contributed by atoms with Crippen LogP contribution in [-0.4, -0.2) is 0 Å². The quantitative estimate of drug-likeness (QED) is 0.241. The third-order valence-electron chi connectivity index (χ3n) is 9.90. The Labute approximate surface area is 294 Å². The zero-order chi connectivity index (χ0) is 36.7. The minimum Gasteiger partial charge on any atom is -0.0587 e. The van der Waals surface area contributed by atoms with Crippen molar-refractivity contribution in [2.24, 2.45) is 0 Å². The van der Waals surface area contributed by atoms with Crippen molar-refractivity contribution in [2.45, 2.75) is 192 Å². The molecule has 0 aliphatic heterocycles. The van der Waals surface area contributed by atoms with Crippen LogP contribution >= 0.6 is 0 Å². The average Bonchev–Trinajstić information content (AvgIpc) is 2.93. The summed E-state index contributed by atoms with van der Waals surface area (Å²) in [4.78, 5) is 0. The van der Waals surface area contributed by atoms with E-state index < -0.39 is 0 Å². The van der Waals surface area contributed by atoms with Gasteiger partial charge in [-0.05, 0) is 136 Å². The van der Waals surface area contributed by atoms with Gasteiger partial charge >= 0.3 is 0 Å². The van der Waals surface area contributed by atoms with Gasteiger partial charge in [-0.1, -0.05) is 160 Å². The number of hydrogen-bond donors (Lipinski definition) is 0. The summed E-state index contributed by atoms with van der Waals surface area (Å²) < 4.78 is 0. The molecule has 0 N–H and O–H groups in total. The lowest BCUT2D eigenvalue weighted by molar-refractivity contribution is 0.586. The van der Waals surface area contributed by atoms with Gasteiger partial charge in [0.2, 0.25) is 0 Å². The third-order valence-corrected chi connectivity index (χ3v) is 9.90. The van der Waals surface area contributed by atoms with Crippen LogP contribution in [0.5, 0.6) is 0 Å². The molecule has 0 saturated carbocycles. The highest BCUT2D eigenvalue weighted by molar-refractivity contribution is 5.45. The van der Waals surface area contributed by atoms with E-state index in [2.05, 4.69) is 182 Å². The van der Waals surface area contributed by atoms with Gasteiger partial charge in [0.15, 0.2) is 0 Å². The van der Waals surface area contributed by atoms with Crippen LogP contribution in [0.4, 0.5) is 0 Å². The van der Waals surface area contributed by atoms with Crippen LogP contribution in [0.1, 0.15) is 226 Å². The molecule has 0 heterocycles. The first-order valence-corrected chi connectivity index (χ1v) is 18.8. The summed E-state index contributed by atoms with van der Waals surface area (Å²) in [5.74, 6) is 4.34. The van der Waals surface area contributed by atoms with Crippen molar-refractivity contribution in [1.82, 2.24) is 0 Å². The molecule has 0 amide bonds. The first-order chi connectivity index (χ1) is 21.4. The largest absolute Gasteiger partial charge is 0.0587 e. The molecule has 0 aliphatic rings. The van der Waals surface area contributed by atoms with Crippen LogP contribution < -0.4 is 0 Å². The van der Waals surface area contributed by atoms with Crippen LogP contribution in [0.25, 0.3) is 0 Å². The molecule has 0 saturated heterocycles. The Morgan fingerprint density at radius 3 is 0.787 bits per heavy atom. The van der Waals surface area contributed by atoms with Gasteiger partial charge in [0, 0.05) is 0 Å². The smallest absolute Gasteiger partial charge is 0.0132 e. The molecule has 0 fully saturated rings. The van der Waals surface area contributed by atoms with E-state index in [4.69, 9.17) is 0 Å². The number of benzene rings is 3. The van der Waals surface area contributed by atoms with Gasteiger partial charge in [-0.25, -0.2) is 0 Å². The van der Waals surface area contributed by atoms with Crippen molar-refractivity contribution < 1.29 is 0 Å². The molecule has 0 aliphatic carbocycles. The fraction of sp³-hybridized carbons (Fsp3) is 0.617. The monoisotopic (exact) mass is 641 g/mol. The maximum Gasteiger partial charge on any atom is -0.0132 e. The number of aryl methyl sites for hydroxylation is 1. The van der Waals surface area contributed by atoms with Gasteiger partial charge in [0.1, 0.15) is 0 Å². The summed E-state index contributed by atoms with van der Waals surface area (Å²) in [6.45, 7) is 47.8. The second-order valence-electron chi connectivity index (χ2n) is 17.5. The van der Waals surface area contributed by atoms with E-state index in [1.807, 2.05) is 0 Å². The van der Waals surface area contributed by atoms with Gasteiger partial charge < -0.3 is 0 Å². The van der Waals surface area contributed by atoms with Crippen molar-refractivity contribution in [3.63, 3.8) is 0 Å². The lowest BCUT2D eigenvalue weighted by Crippen LogP contribution is -2.14. The summed E-state index contributed by atoms with van der Waals surface area (Å²) in [6.07, 6.45) is 0. The molecule has 0 aromatic heterocycles. The van der Waals surface area contributed by atoms with E-state index in [1.54, 1.807) is 0 Å². The Hall–Kier alpha value is -2.34. The van der Waals surface area contributed by atoms with E-state index in [0.717, 1.165) is 0 Å². The highest BCUT2D eigenvalue weighted by Gasteiger charge is 2.19. The minimum atomic E-state index is 0.237. The van der Waals surface area contributed by atoms with Gasteiger partial charge in [0.05, 0.1) is 0 Å². The molecule has 0 nitrogen and oxygen atoms in total. The highest BCUT2D eigenvalue weighted by Crippen LogP contribution is 2.34. The number of hydrogen-bond acceptors (Lipinski definition) is 0. The molecule has 47 heavy (non-hydrogen) atoms. The van der Waals surface area contributed by atoms with E-state index in [9.17, 15) is 0 Å². The summed E-state index contributed by atoms with van der Waals surface area (Å²) >= 11 is 0. The molecule has 3 aromatic carbocycles. The van der Waals surface area contributed by atoms with Crippen molar-refractivity contribution in [2.75, 3.05) is 0 Å². The van der Waals surface area contributed by atoms with Gasteiger partial charge in [-0.2, -0.15) is 0 Å². The zero-order valence-electron chi connectivity index (χ0n) is 35.0. The zero-order valence-corrected chi connectivity index (χ0v) is 35.0. The van der Waals surface area contributed by atoms with Crippen LogP contribution in [0.3, 0.4) is 0 Å². The summed E-state index contributed by atoms with van der Waals surface area (Å²) in [5.41, 5.74) is 18.1. The Morgan fingerprint density at radius 2 is 0.574 bits per heavy atom. The summed E-state index contributed by atoms with van der Waals surface area (Å²) in [6, 6.07) is 14.3. The molecular weight excluding hydrogens is 565 g/mol. The third kappa shape index (κ3) is 11.9. The minimum absolute atomic E-state index is 0.237. The van der Waals surface area contributed by atoms with Crippen molar-refractivity contribution >= 4 is 0 Å². The molecular formula is C47H76. The van der Waals surface area contributed by atoms with E-state index >= 15 is 0 Å². The van der Waals surface area contributed by atoms with Crippen LogP contribution in [0.15, 0.2) is 36.4 Å². The fourth-order valence-corrected chi connectivity index (χ4v) is 6.82. The summed E-state index contributed by atoms with van der Waals surface area (Å²) in [7, 11) is 0. The van der Waals surface area contributed by atoms with Crippen LogP contribution in [0, 0.1) is 27.7 Å². The van der Waals surface area contributed by atoms with E-state index in [-0.39, 0.29) is 5.41 Å². The highest BCUT2D eigenvalue weighted by atomic mass is 14.2. The lowest BCUT2D eigenvalue weighted by Gasteiger charge is -2.25.